The number of pyridine rings is 1. The Hall–Kier alpha value is -3.75. The number of ether oxygens (including phenoxy) is 2. The highest BCUT2D eigenvalue weighted by Crippen LogP contribution is 2.11. The second-order valence-electron chi connectivity index (χ2n) is 7.34. The van der Waals surface area contributed by atoms with Gasteiger partial charge >= 0.3 is 11.9 Å². The Morgan fingerprint density at radius 3 is 1.66 bits per heavy atom. The first kappa shape index (κ1) is 22.9. The third-order valence-electron chi connectivity index (χ3n) is 5.04. The molecule has 32 heavy (non-hydrogen) atoms. The summed E-state index contributed by atoms with van der Waals surface area (Å²) in [6.07, 6.45) is 1.01. The largest absolute Gasteiger partial charge is 0.460 e. The van der Waals surface area contributed by atoms with E-state index in [0.29, 0.717) is 12.8 Å². The maximum Gasteiger partial charge on any atom is 0.338 e. The smallest absolute Gasteiger partial charge is 0.338 e. The summed E-state index contributed by atoms with van der Waals surface area (Å²) in [5.74, 6) is -2.20. The van der Waals surface area contributed by atoms with Gasteiger partial charge in [-0.3, -0.25) is 9.59 Å². The number of rotatable bonds is 2. The highest BCUT2D eigenvalue weighted by atomic mass is 16.5. The van der Waals surface area contributed by atoms with Crippen molar-refractivity contribution in [3.63, 3.8) is 0 Å². The molecule has 2 aromatic rings. The molecule has 2 heterocycles. The molecule has 0 spiro atoms. The Bertz CT molecular complexity index is 950. The predicted molar refractivity (Wildman–Crippen MR) is 114 cm³/mol. The van der Waals surface area contributed by atoms with Gasteiger partial charge in [0.1, 0.15) is 24.6 Å². The van der Waals surface area contributed by atoms with Crippen molar-refractivity contribution in [3.8, 4) is 0 Å². The molecule has 168 valence electrons. The van der Waals surface area contributed by atoms with E-state index < -0.39 is 35.8 Å². The van der Waals surface area contributed by atoms with Crippen molar-refractivity contribution in [2.24, 2.45) is 0 Å². The number of hydrogen-bond donors (Lipinski definition) is 2. The Labute approximate surface area is 185 Å². The van der Waals surface area contributed by atoms with Gasteiger partial charge in [0.2, 0.25) is 0 Å². The maximum absolute atomic E-state index is 12.6. The van der Waals surface area contributed by atoms with E-state index in [1.165, 1.54) is 30.3 Å². The lowest BCUT2D eigenvalue weighted by Gasteiger charge is -2.19. The van der Waals surface area contributed by atoms with Crippen LogP contribution in [0, 0.1) is 0 Å². The number of aromatic nitrogens is 1. The molecule has 9 nitrogen and oxygen atoms in total. The Morgan fingerprint density at radius 2 is 1.22 bits per heavy atom. The molecule has 1 aliphatic heterocycles. The van der Waals surface area contributed by atoms with Gasteiger partial charge in [0.15, 0.2) is 0 Å². The fourth-order valence-electron chi connectivity index (χ4n) is 3.02. The number of nitrogens with one attached hydrogen (secondary N) is 2. The minimum Gasteiger partial charge on any atom is -0.460 e. The first-order chi connectivity index (χ1) is 15.4. The van der Waals surface area contributed by atoms with Gasteiger partial charge in [0.05, 0.1) is 23.2 Å². The van der Waals surface area contributed by atoms with Gasteiger partial charge in [0, 0.05) is 0 Å². The molecular weight excluding hydrogens is 414 g/mol. The van der Waals surface area contributed by atoms with Crippen LogP contribution in [0.5, 0.6) is 0 Å². The second kappa shape index (κ2) is 10.5. The topological polar surface area (TPSA) is 124 Å². The van der Waals surface area contributed by atoms with Crippen LogP contribution in [0.1, 0.15) is 68.4 Å². The fraction of sp³-hybridized carbons (Fsp3) is 0.348. The van der Waals surface area contributed by atoms with Crippen molar-refractivity contribution in [3.05, 3.63) is 65.0 Å². The van der Waals surface area contributed by atoms with E-state index in [4.69, 9.17) is 9.47 Å². The quantitative estimate of drug-likeness (QED) is 0.687. The summed E-state index contributed by atoms with van der Waals surface area (Å²) in [6.45, 7) is 3.55. The van der Waals surface area contributed by atoms with Gasteiger partial charge in [-0.2, -0.15) is 0 Å². The molecular formula is C23H25N3O6. The number of cyclic esters (lactones) is 2. The monoisotopic (exact) mass is 439 g/mol. The molecule has 9 heteroatoms. The standard InChI is InChI=1S/C23H25N3O6/c1-3-16-12-31-22(29)14-7-5-8-15(11-14)23(30)32-13-17(4-2)25-21(28)19-10-6-9-18(26-19)20(27)24-16/h5-11,16-17H,3-4,12-13H2,1-2H3,(H,24,27)(H,25,28)/t16-,17?/m1/s1. The molecule has 4 bridgehead atoms. The molecule has 2 atom stereocenters. The maximum atomic E-state index is 12.6. The Balaban J connectivity index is 1.90. The summed E-state index contributed by atoms with van der Waals surface area (Å²) < 4.78 is 10.7. The molecule has 0 saturated carbocycles. The molecule has 0 radical (unpaired) electrons. The van der Waals surface area contributed by atoms with Crippen LogP contribution in [0.15, 0.2) is 42.5 Å². The lowest BCUT2D eigenvalue weighted by atomic mass is 10.1. The van der Waals surface area contributed by atoms with Gasteiger partial charge in [-0.1, -0.05) is 26.0 Å². The molecule has 0 aliphatic carbocycles. The summed E-state index contributed by atoms with van der Waals surface area (Å²) in [5, 5.41) is 5.53. The predicted octanol–water partition coefficient (Wildman–Crippen LogP) is 2.13. The molecule has 1 aromatic heterocycles. The average Bonchev–Trinajstić information content (AvgIpc) is 2.83. The van der Waals surface area contributed by atoms with E-state index in [1.54, 1.807) is 12.1 Å². The van der Waals surface area contributed by atoms with Crippen molar-refractivity contribution in [2.75, 3.05) is 13.2 Å². The van der Waals surface area contributed by atoms with E-state index >= 15 is 0 Å². The van der Waals surface area contributed by atoms with Gasteiger partial charge < -0.3 is 20.1 Å². The molecule has 0 saturated heterocycles. The van der Waals surface area contributed by atoms with Crippen LogP contribution in [0.4, 0.5) is 0 Å². The molecule has 3 rings (SSSR count). The third-order valence-corrected chi connectivity index (χ3v) is 5.04. The van der Waals surface area contributed by atoms with Crippen molar-refractivity contribution in [1.29, 1.82) is 0 Å². The fourth-order valence-corrected chi connectivity index (χ4v) is 3.02. The Morgan fingerprint density at radius 1 is 0.781 bits per heavy atom. The first-order valence-electron chi connectivity index (χ1n) is 10.4. The van der Waals surface area contributed by atoms with Crippen LogP contribution in [-0.2, 0) is 9.47 Å². The average molecular weight is 439 g/mol. The van der Waals surface area contributed by atoms with Gasteiger partial charge in [-0.15, -0.1) is 0 Å². The second-order valence-corrected chi connectivity index (χ2v) is 7.34. The SMILES string of the molecule is CCC1COC(=O)c2cccc(c2)C(=O)OC[C@@H](CC)NC(=O)c2cccc(n2)C(=O)N1. The lowest BCUT2D eigenvalue weighted by Crippen LogP contribution is -2.40. The van der Waals surface area contributed by atoms with Crippen LogP contribution in [0.2, 0.25) is 0 Å². The zero-order valence-electron chi connectivity index (χ0n) is 17.9. The number of carbonyl (C=O) groups is 4. The summed E-state index contributed by atoms with van der Waals surface area (Å²) in [4.78, 5) is 54.3. The van der Waals surface area contributed by atoms with Crippen molar-refractivity contribution < 1.29 is 28.7 Å². The third kappa shape index (κ3) is 5.69. The minimum atomic E-state index is -0.618. The zero-order chi connectivity index (χ0) is 23.1. The van der Waals surface area contributed by atoms with Gasteiger partial charge in [-0.05, 0) is 43.2 Å². The molecule has 0 fully saturated rings. The van der Waals surface area contributed by atoms with Crippen LogP contribution in [-0.4, -0.2) is 54.0 Å². The van der Waals surface area contributed by atoms with E-state index in [0.717, 1.165) is 0 Å². The van der Waals surface area contributed by atoms with E-state index in [-0.39, 0.29) is 35.7 Å². The lowest BCUT2D eigenvalue weighted by molar-refractivity contribution is 0.0448. The number of esters is 2. The number of hydrogen-bond acceptors (Lipinski definition) is 7. The minimum absolute atomic E-state index is 0.0614. The van der Waals surface area contributed by atoms with Crippen LogP contribution < -0.4 is 10.6 Å². The van der Waals surface area contributed by atoms with Crippen LogP contribution in [0.3, 0.4) is 0 Å². The summed E-state index contributed by atoms with van der Waals surface area (Å²) in [6, 6.07) is 9.64. The van der Waals surface area contributed by atoms with Gasteiger partial charge in [-0.25, -0.2) is 14.6 Å². The van der Waals surface area contributed by atoms with Gasteiger partial charge in [0.25, 0.3) is 11.8 Å². The molecule has 2 amide bonds. The van der Waals surface area contributed by atoms with E-state index in [1.807, 2.05) is 13.8 Å². The number of amides is 2. The number of carbonyl (C=O) groups excluding carboxylic acids is 4. The summed E-state index contributed by atoms with van der Waals surface area (Å²) >= 11 is 0. The van der Waals surface area contributed by atoms with Crippen molar-refractivity contribution in [1.82, 2.24) is 15.6 Å². The normalized spacial score (nSPS) is 20.2. The Kier molecular flexibility index (Phi) is 7.54. The summed E-state index contributed by atoms with van der Waals surface area (Å²) in [5.41, 5.74) is 0.513. The highest BCUT2D eigenvalue weighted by molar-refractivity contribution is 5.97. The van der Waals surface area contributed by atoms with Crippen molar-refractivity contribution in [2.45, 2.75) is 38.8 Å². The molecule has 1 unspecified atom stereocenters. The first-order valence-corrected chi connectivity index (χ1v) is 10.4. The van der Waals surface area contributed by atoms with E-state index in [9.17, 15) is 19.2 Å². The molecule has 2 N–H and O–H groups in total. The number of fused-ring (bicyclic) bond motifs is 4. The van der Waals surface area contributed by atoms with Crippen LogP contribution >= 0.6 is 0 Å². The zero-order valence-corrected chi connectivity index (χ0v) is 17.9. The van der Waals surface area contributed by atoms with E-state index in [2.05, 4.69) is 15.6 Å². The highest BCUT2D eigenvalue weighted by Gasteiger charge is 2.21. The van der Waals surface area contributed by atoms with Crippen molar-refractivity contribution >= 4 is 23.8 Å². The molecule has 1 aliphatic rings. The molecule has 1 aromatic carbocycles. The summed E-state index contributed by atoms with van der Waals surface area (Å²) in [7, 11) is 0. The van der Waals surface area contributed by atoms with Crippen LogP contribution in [0.25, 0.3) is 0 Å². The number of nitrogens with zero attached hydrogens (tertiary/aromatic N) is 1. The number of benzene rings is 1.